The molecule has 0 radical (unpaired) electrons. The molecule has 1 aliphatic carbocycles. The van der Waals surface area contributed by atoms with Crippen molar-refractivity contribution in [1.29, 1.82) is 0 Å². The second-order valence-electron chi connectivity index (χ2n) is 4.80. The van der Waals surface area contributed by atoms with Crippen LogP contribution in [0.5, 0.6) is 0 Å². The van der Waals surface area contributed by atoms with Crippen LogP contribution in [0.2, 0.25) is 0 Å². The number of aliphatic hydroxyl groups excluding tert-OH is 1. The van der Waals surface area contributed by atoms with Gasteiger partial charge >= 0.3 is 0 Å². The summed E-state index contributed by atoms with van der Waals surface area (Å²) in [6, 6.07) is 3.54. The summed E-state index contributed by atoms with van der Waals surface area (Å²) in [6.45, 7) is 0.124. The highest BCUT2D eigenvalue weighted by atomic mass is 16.3. The predicted octanol–water partition coefficient (Wildman–Crippen LogP) is 1.35. The van der Waals surface area contributed by atoms with Gasteiger partial charge in [0.1, 0.15) is 11.6 Å². The summed E-state index contributed by atoms with van der Waals surface area (Å²) < 4.78 is 0. The Morgan fingerprint density at radius 3 is 2.53 bits per heavy atom. The van der Waals surface area contributed by atoms with Crippen molar-refractivity contribution in [2.45, 2.75) is 37.6 Å². The van der Waals surface area contributed by atoms with Crippen molar-refractivity contribution in [2.24, 2.45) is 0 Å². The van der Waals surface area contributed by atoms with Gasteiger partial charge in [0, 0.05) is 0 Å². The van der Waals surface area contributed by atoms with E-state index in [-0.39, 0.29) is 12.1 Å². The molecule has 2 rings (SSSR count). The van der Waals surface area contributed by atoms with Crippen molar-refractivity contribution in [3.8, 4) is 0 Å². The van der Waals surface area contributed by atoms with Gasteiger partial charge in [0.2, 0.25) is 0 Å². The third kappa shape index (κ3) is 2.61. The van der Waals surface area contributed by atoms with E-state index in [2.05, 4.69) is 10.3 Å². The number of rotatable bonds is 3. The maximum atomic E-state index is 9.58. The molecule has 1 heterocycles. The number of hydrogen-bond donors (Lipinski definition) is 4. The number of nitrogens with two attached hydrogens (primary N) is 2. The van der Waals surface area contributed by atoms with Crippen LogP contribution in [0.3, 0.4) is 0 Å². The number of aromatic nitrogens is 1. The van der Waals surface area contributed by atoms with Gasteiger partial charge in [-0.15, -0.1) is 0 Å². The molecule has 1 fully saturated rings. The monoisotopic (exact) mass is 236 g/mol. The van der Waals surface area contributed by atoms with Crippen molar-refractivity contribution >= 4 is 17.3 Å². The largest absolute Gasteiger partial charge is 0.396 e. The van der Waals surface area contributed by atoms with E-state index in [4.69, 9.17) is 11.5 Å². The van der Waals surface area contributed by atoms with Crippen LogP contribution in [0.25, 0.3) is 0 Å². The van der Waals surface area contributed by atoms with E-state index >= 15 is 0 Å². The van der Waals surface area contributed by atoms with Crippen LogP contribution in [-0.2, 0) is 0 Å². The Bertz CT molecular complexity index is 388. The number of anilines is 3. The molecular formula is C12H20N4O. The van der Waals surface area contributed by atoms with Gasteiger partial charge in [-0.05, 0) is 25.0 Å². The maximum Gasteiger partial charge on any atom is 0.149 e. The van der Waals surface area contributed by atoms with E-state index in [0.29, 0.717) is 17.3 Å². The first-order valence-corrected chi connectivity index (χ1v) is 6.06. The highest BCUT2D eigenvalue weighted by Crippen LogP contribution is 2.31. The first kappa shape index (κ1) is 12.0. The first-order valence-electron chi connectivity index (χ1n) is 6.06. The molecule has 0 aromatic carbocycles. The topological polar surface area (TPSA) is 97.2 Å². The molecule has 1 saturated carbocycles. The normalized spacial score (nSPS) is 18.9. The first-order chi connectivity index (χ1) is 8.15. The molecular weight excluding hydrogens is 216 g/mol. The summed E-state index contributed by atoms with van der Waals surface area (Å²) >= 11 is 0. The Labute approximate surface area is 101 Å². The summed E-state index contributed by atoms with van der Waals surface area (Å²) in [5.74, 6) is 1.02. The van der Waals surface area contributed by atoms with Gasteiger partial charge in [0.25, 0.3) is 0 Å². The van der Waals surface area contributed by atoms with Crippen molar-refractivity contribution in [1.82, 2.24) is 4.98 Å². The lowest BCUT2D eigenvalue weighted by Gasteiger charge is -2.37. The summed E-state index contributed by atoms with van der Waals surface area (Å²) in [5.41, 5.74) is 11.5. The van der Waals surface area contributed by atoms with E-state index in [1.807, 2.05) is 0 Å². The lowest BCUT2D eigenvalue weighted by molar-refractivity contribution is 0.172. The van der Waals surface area contributed by atoms with Gasteiger partial charge in [0.15, 0.2) is 0 Å². The van der Waals surface area contributed by atoms with Crippen molar-refractivity contribution in [3.63, 3.8) is 0 Å². The molecule has 0 atom stereocenters. The van der Waals surface area contributed by atoms with Gasteiger partial charge in [0.05, 0.1) is 17.8 Å². The zero-order valence-electron chi connectivity index (χ0n) is 9.95. The van der Waals surface area contributed by atoms with Crippen molar-refractivity contribution in [3.05, 3.63) is 12.1 Å². The second kappa shape index (κ2) is 4.79. The van der Waals surface area contributed by atoms with E-state index in [1.54, 1.807) is 12.1 Å². The highest BCUT2D eigenvalue weighted by Gasteiger charge is 2.31. The van der Waals surface area contributed by atoms with Crippen LogP contribution in [0.15, 0.2) is 12.1 Å². The molecule has 5 heteroatoms. The number of aliphatic hydroxyl groups is 1. The van der Waals surface area contributed by atoms with Gasteiger partial charge in [-0.1, -0.05) is 19.3 Å². The molecule has 0 amide bonds. The second-order valence-corrected chi connectivity index (χ2v) is 4.80. The standard InChI is InChI=1S/C12H20N4O/c13-9-4-5-10(15-11(9)14)16-12(8-17)6-2-1-3-7-12/h4-5,17H,1-3,6-8,13H2,(H3,14,15,16). The zero-order valence-corrected chi connectivity index (χ0v) is 9.95. The smallest absolute Gasteiger partial charge is 0.149 e. The molecule has 0 bridgehead atoms. The van der Waals surface area contributed by atoms with E-state index in [9.17, 15) is 5.11 Å². The van der Waals surface area contributed by atoms with Gasteiger partial charge in [-0.25, -0.2) is 4.98 Å². The minimum Gasteiger partial charge on any atom is -0.396 e. The number of hydrogen-bond acceptors (Lipinski definition) is 5. The molecule has 1 aromatic heterocycles. The number of nitrogen functional groups attached to an aromatic ring is 2. The highest BCUT2D eigenvalue weighted by molar-refractivity contribution is 5.62. The zero-order chi connectivity index (χ0) is 12.3. The van der Waals surface area contributed by atoms with E-state index in [1.165, 1.54) is 6.42 Å². The van der Waals surface area contributed by atoms with Gasteiger partial charge in [-0.3, -0.25) is 0 Å². The molecule has 6 N–H and O–H groups in total. The van der Waals surface area contributed by atoms with E-state index in [0.717, 1.165) is 25.7 Å². The Hall–Kier alpha value is -1.49. The van der Waals surface area contributed by atoms with Crippen LogP contribution < -0.4 is 16.8 Å². The molecule has 0 saturated heterocycles. The molecule has 5 nitrogen and oxygen atoms in total. The third-order valence-corrected chi connectivity index (χ3v) is 3.46. The Morgan fingerprint density at radius 2 is 1.94 bits per heavy atom. The van der Waals surface area contributed by atoms with Crippen LogP contribution in [0, 0.1) is 0 Å². The molecule has 94 valence electrons. The number of pyridine rings is 1. The summed E-state index contributed by atoms with van der Waals surface area (Å²) in [5, 5.41) is 12.9. The number of nitrogens with one attached hydrogen (secondary N) is 1. The van der Waals surface area contributed by atoms with Crippen LogP contribution in [0.4, 0.5) is 17.3 Å². The van der Waals surface area contributed by atoms with Crippen molar-refractivity contribution in [2.75, 3.05) is 23.4 Å². The average molecular weight is 236 g/mol. The van der Waals surface area contributed by atoms with Crippen LogP contribution in [0.1, 0.15) is 32.1 Å². The Balaban J connectivity index is 2.14. The Kier molecular flexibility index (Phi) is 3.38. The minimum atomic E-state index is -0.242. The fourth-order valence-electron chi connectivity index (χ4n) is 2.38. The summed E-state index contributed by atoms with van der Waals surface area (Å²) in [6.07, 6.45) is 5.45. The minimum absolute atomic E-state index is 0.124. The molecule has 0 unspecified atom stereocenters. The van der Waals surface area contributed by atoms with Gasteiger partial charge < -0.3 is 21.9 Å². The van der Waals surface area contributed by atoms with Crippen LogP contribution >= 0.6 is 0 Å². The molecule has 0 spiro atoms. The quantitative estimate of drug-likeness (QED) is 0.635. The predicted molar refractivity (Wildman–Crippen MR) is 69.6 cm³/mol. The summed E-state index contributed by atoms with van der Waals surface area (Å²) in [4.78, 5) is 4.19. The molecule has 1 aromatic rings. The lowest BCUT2D eigenvalue weighted by atomic mass is 9.82. The molecule has 0 aliphatic heterocycles. The number of nitrogens with zero attached hydrogens (tertiary/aromatic N) is 1. The third-order valence-electron chi connectivity index (χ3n) is 3.46. The van der Waals surface area contributed by atoms with Crippen LogP contribution in [-0.4, -0.2) is 22.2 Å². The van der Waals surface area contributed by atoms with Crippen molar-refractivity contribution < 1.29 is 5.11 Å². The van der Waals surface area contributed by atoms with Gasteiger partial charge in [-0.2, -0.15) is 0 Å². The molecule has 1 aliphatic rings. The average Bonchev–Trinajstić information content (AvgIpc) is 2.35. The fraction of sp³-hybridized carbons (Fsp3) is 0.583. The maximum absolute atomic E-state index is 9.58. The van der Waals surface area contributed by atoms with E-state index < -0.39 is 0 Å². The summed E-state index contributed by atoms with van der Waals surface area (Å²) in [7, 11) is 0. The SMILES string of the molecule is Nc1ccc(NC2(CO)CCCCC2)nc1N. The Morgan fingerprint density at radius 1 is 1.24 bits per heavy atom. The molecule has 17 heavy (non-hydrogen) atoms. The lowest BCUT2D eigenvalue weighted by Crippen LogP contribution is -2.44. The fourth-order valence-corrected chi connectivity index (χ4v) is 2.38.